The van der Waals surface area contributed by atoms with E-state index in [9.17, 15) is 4.79 Å². The maximum Gasteiger partial charge on any atom is 0.303 e. The van der Waals surface area contributed by atoms with Crippen molar-refractivity contribution in [2.24, 2.45) is 5.92 Å². The molecule has 0 saturated carbocycles. The average Bonchev–Trinajstić information content (AvgIpc) is 2.74. The number of allylic oxidation sites excluding steroid dienone is 2. The van der Waals surface area contributed by atoms with Gasteiger partial charge in [0, 0.05) is 28.5 Å². The van der Waals surface area contributed by atoms with E-state index in [1.165, 1.54) is 0 Å². The van der Waals surface area contributed by atoms with Crippen LogP contribution in [0.15, 0.2) is 60.7 Å². The van der Waals surface area contributed by atoms with Crippen molar-refractivity contribution in [2.45, 2.75) is 31.7 Å². The van der Waals surface area contributed by atoms with Crippen LogP contribution in [-0.4, -0.2) is 24.8 Å². The standard InChI is InChI=1S/C23H25ClO5/c1-27-20-13-8-6-11-18(20)22-16(9-3-2-4-14-21(25)26)15-28-23(29-22)17-10-5-7-12-19(17)24/h2-3,5-8,10-13,16,22-23H,4,9,14-15H2,1H3,(H,25,26)/b3-2-/t16-,22+,23+/m1/s1. The van der Waals surface area contributed by atoms with Gasteiger partial charge in [0.2, 0.25) is 0 Å². The molecule has 5 nitrogen and oxygen atoms in total. The highest BCUT2D eigenvalue weighted by Gasteiger charge is 2.35. The van der Waals surface area contributed by atoms with Crippen LogP contribution < -0.4 is 4.74 Å². The summed E-state index contributed by atoms with van der Waals surface area (Å²) in [6.45, 7) is 0.488. The van der Waals surface area contributed by atoms with Gasteiger partial charge in [0.1, 0.15) is 5.75 Å². The van der Waals surface area contributed by atoms with E-state index in [-0.39, 0.29) is 18.4 Å². The summed E-state index contributed by atoms with van der Waals surface area (Å²) < 4.78 is 17.9. The lowest BCUT2D eigenvalue weighted by atomic mass is 9.91. The van der Waals surface area contributed by atoms with Gasteiger partial charge in [-0.15, -0.1) is 0 Å². The normalized spacial score (nSPS) is 21.9. The van der Waals surface area contributed by atoms with E-state index < -0.39 is 12.3 Å². The van der Waals surface area contributed by atoms with Crippen LogP contribution in [-0.2, 0) is 14.3 Å². The fourth-order valence-electron chi connectivity index (χ4n) is 3.43. The number of ether oxygens (including phenoxy) is 3. The highest BCUT2D eigenvalue weighted by Crippen LogP contribution is 2.43. The van der Waals surface area contributed by atoms with Crippen molar-refractivity contribution in [1.82, 2.24) is 0 Å². The number of carboxylic acids is 1. The zero-order chi connectivity index (χ0) is 20.6. The van der Waals surface area contributed by atoms with Crippen molar-refractivity contribution in [3.8, 4) is 5.75 Å². The predicted octanol–water partition coefficient (Wildman–Crippen LogP) is 5.56. The molecule has 6 heteroatoms. The second-order valence-electron chi connectivity index (χ2n) is 6.89. The highest BCUT2D eigenvalue weighted by molar-refractivity contribution is 6.31. The Morgan fingerprint density at radius 2 is 1.90 bits per heavy atom. The molecule has 1 heterocycles. The minimum Gasteiger partial charge on any atom is -0.496 e. The van der Waals surface area contributed by atoms with Gasteiger partial charge < -0.3 is 19.3 Å². The molecule has 1 saturated heterocycles. The smallest absolute Gasteiger partial charge is 0.303 e. The molecule has 2 aromatic carbocycles. The van der Waals surface area contributed by atoms with Crippen molar-refractivity contribution < 1.29 is 24.1 Å². The molecule has 0 radical (unpaired) electrons. The van der Waals surface area contributed by atoms with Crippen LogP contribution in [0.2, 0.25) is 5.02 Å². The lowest BCUT2D eigenvalue weighted by Gasteiger charge is -2.37. The van der Waals surface area contributed by atoms with Gasteiger partial charge in [0.05, 0.1) is 19.8 Å². The van der Waals surface area contributed by atoms with Crippen molar-refractivity contribution >= 4 is 17.6 Å². The van der Waals surface area contributed by atoms with E-state index >= 15 is 0 Å². The Labute approximate surface area is 175 Å². The van der Waals surface area contributed by atoms with Crippen molar-refractivity contribution in [3.05, 3.63) is 76.8 Å². The van der Waals surface area contributed by atoms with Crippen LogP contribution in [0.25, 0.3) is 0 Å². The molecule has 0 spiro atoms. The van der Waals surface area contributed by atoms with Gasteiger partial charge >= 0.3 is 5.97 Å². The molecule has 29 heavy (non-hydrogen) atoms. The fraction of sp³-hybridized carbons (Fsp3) is 0.348. The van der Waals surface area contributed by atoms with Gasteiger partial charge in [0.25, 0.3) is 0 Å². The zero-order valence-corrected chi connectivity index (χ0v) is 17.0. The van der Waals surface area contributed by atoms with Crippen LogP contribution in [0.1, 0.15) is 42.8 Å². The Bertz CT molecular complexity index is 851. The number of hydrogen-bond donors (Lipinski definition) is 1. The summed E-state index contributed by atoms with van der Waals surface area (Å²) in [6, 6.07) is 15.3. The van der Waals surface area contributed by atoms with Gasteiger partial charge in [-0.25, -0.2) is 0 Å². The third kappa shape index (κ3) is 5.60. The second-order valence-corrected chi connectivity index (χ2v) is 7.29. The summed E-state index contributed by atoms with van der Waals surface area (Å²) in [7, 11) is 1.64. The third-order valence-electron chi connectivity index (χ3n) is 4.90. The van der Waals surface area contributed by atoms with Gasteiger partial charge in [0.15, 0.2) is 6.29 Å². The molecule has 0 aliphatic carbocycles. The average molecular weight is 417 g/mol. The topological polar surface area (TPSA) is 65.0 Å². The first-order valence-corrected chi connectivity index (χ1v) is 9.99. The summed E-state index contributed by atoms with van der Waals surface area (Å²) in [4.78, 5) is 10.7. The van der Waals surface area contributed by atoms with Crippen LogP contribution in [0.4, 0.5) is 0 Å². The zero-order valence-electron chi connectivity index (χ0n) is 16.3. The molecule has 1 N–H and O–H groups in total. The summed E-state index contributed by atoms with van der Waals surface area (Å²) in [6.07, 6.45) is 4.42. The first-order chi connectivity index (χ1) is 14.1. The molecule has 3 rings (SSSR count). The number of rotatable bonds is 8. The number of carbonyl (C=O) groups is 1. The summed E-state index contributed by atoms with van der Waals surface area (Å²) in [5.74, 6) is 0.0248. The van der Waals surface area contributed by atoms with Crippen molar-refractivity contribution in [2.75, 3.05) is 13.7 Å². The van der Waals surface area contributed by atoms with E-state index in [2.05, 4.69) is 0 Å². The van der Waals surface area contributed by atoms with Gasteiger partial charge in [-0.1, -0.05) is 60.2 Å². The highest BCUT2D eigenvalue weighted by atomic mass is 35.5. The van der Waals surface area contributed by atoms with Crippen LogP contribution in [0.3, 0.4) is 0 Å². The molecule has 3 atom stereocenters. The Kier molecular flexibility index (Phi) is 7.69. The fourth-order valence-corrected chi connectivity index (χ4v) is 3.65. The lowest BCUT2D eigenvalue weighted by molar-refractivity contribution is -0.244. The number of methoxy groups -OCH3 is 1. The molecular formula is C23H25ClO5. The van der Waals surface area contributed by atoms with Crippen LogP contribution in [0, 0.1) is 5.92 Å². The minimum atomic E-state index is -0.798. The number of hydrogen-bond acceptors (Lipinski definition) is 4. The molecule has 0 amide bonds. The Balaban J connectivity index is 1.81. The predicted molar refractivity (Wildman–Crippen MR) is 111 cm³/mol. The largest absolute Gasteiger partial charge is 0.496 e. The molecule has 154 valence electrons. The maximum atomic E-state index is 10.7. The van der Waals surface area contributed by atoms with Crippen molar-refractivity contribution in [3.63, 3.8) is 0 Å². The molecule has 1 aliphatic heterocycles. The quantitative estimate of drug-likeness (QED) is 0.570. The van der Waals surface area contributed by atoms with Crippen LogP contribution >= 0.6 is 11.6 Å². The summed E-state index contributed by atoms with van der Waals surface area (Å²) in [5, 5.41) is 9.37. The van der Waals surface area contributed by atoms with E-state index in [1.807, 2.05) is 60.7 Å². The van der Waals surface area contributed by atoms with E-state index in [1.54, 1.807) is 7.11 Å². The third-order valence-corrected chi connectivity index (χ3v) is 5.24. The van der Waals surface area contributed by atoms with Crippen LogP contribution in [0.5, 0.6) is 5.75 Å². The summed E-state index contributed by atoms with van der Waals surface area (Å²) >= 11 is 6.35. The van der Waals surface area contributed by atoms with E-state index in [0.717, 1.165) is 16.9 Å². The number of benzene rings is 2. The molecule has 1 fully saturated rings. The van der Waals surface area contributed by atoms with Gasteiger partial charge in [-0.3, -0.25) is 4.79 Å². The molecule has 0 unspecified atom stereocenters. The Hall–Kier alpha value is -2.34. The number of para-hydroxylation sites is 1. The molecule has 2 aromatic rings. The first-order valence-electron chi connectivity index (χ1n) is 9.61. The Morgan fingerprint density at radius 3 is 2.62 bits per heavy atom. The van der Waals surface area contributed by atoms with E-state index in [4.69, 9.17) is 30.9 Å². The number of carboxylic acid groups (broad SMARTS) is 1. The molecule has 1 aliphatic rings. The monoisotopic (exact) mass is 416 g/mol. The molecular weight excluding hydrogens is 392 g/mol. The molecule has 0 bridgehead atoms. The Morgan fingerprint density at radius 1 is 1.17 bits per heavy atom. The second kappa shape index (κ2) is 10.4. The van der Waals surface area contributed by atoms with Gasteiger partial charge in [-0.2, -0.15) is 0 Å². The van der Waals surface area contributed by atoms with E-state index in [0.29, 0.717) is 24.5 Å². The lowest BCUT2D eigenvalue weighted by Crippen LogP contribution is -2.30. The number of aliphatic carboxylic acids is 1. The van der Waals surface area contributed by atoms with Crippen molar-refractivity contribution in [1.29, 1.82) is 0 Å². The SMILES string of the molecule is COc1ccccc1[C@H]1O[C@@H](c2ccccc2Cl)OC[C@H]1C/C=C\CCC(=O)O. The molecule has 0 aromatic heterocycles. The minimum absolute atomic E-state index is 0.0612. The maximum absolute atomic E-state index is 10.7. The van der Waals surface area contributed by atoms with Gasteiger partial charge in [-0.05, 0) is 25.0 Å². The summed E-state index contributed by atoms with van der Waals surface area (Å²) in [5.41, 5.74) is 1.75. The number of halogens is 1. The first kappa shape index (κ1) is 21.4.